The van der Waals surface area contributed by atoms with Gasteiger partial charge in [0.1, 0.15) is 0 Å². The topological polar surface area (TPSA) is 116 Å². The van der Waals surface area contributed by atoms with Gasteiger partial charge in [0.05, 0.1) is 49.6 Å². The Labute approximate surface area is 500 Å². The zero-order valence-corrected chi connectivity index (χ0v) is 52.4. The number of carbonyl (C=O) groups is 4. The molecule has 4 atom stereocenters. The van der Waals surface area contributed by atoms with Crippen molar-refractivity contribution in [3.05, 3.63) is 169 Å². The molecule has 0 saturated carbocycles. The lowest BCUT2D eigenvalue weighted by Gasteiger charge is -2.14. The van der Waals surface area contributed by atoms with Crippen LogP contribution in [0.15, 0.2) is 147 Å². The van der Waals surface area contributed by atoms with Gasteiger partial charge in [-0.1, -0.05) is 194 Å². The van der Waals surface area contributed by atoms with E-state index in [0.29, 0.717) is 25.7 Å². The predicted molar refractivity (Wildman–Crippen MR) is 347 cm³/mol. The summed E-state index contributed by atoms with van der Waals surface area (Å²) < 4.78 is 8.27. The van der Waals surface area contributed by atoms with Crippen LogP contribution in [-0.2, 0) is 19.2 Å². The molecule has 420 valence electrons. The molecule has 4 aromatic carbocycles. The number of hydrogen-bond donors (Lipinski definition) is 4. The van der Waals surface area contributed by atoms with Gasteiger partial charge in [-0.15, -0.1) is 47.0 Å². The number of thioether (sulfide) groups is 8. The molecule has 0 bridgehead atoms. The molecule has 0 aromatic heterocycles. The highest BCUT2D eigenvalue weighted by atomic mass is 32.3. The quantitative estimate of drug-likeness (QED) is 0.0325. The van der Waals surface area contributed by atoms with Crippen molar-refractivity contribution in [1.82, 2.24) is 21.3 Å². The summed E-state index contributed by atoms with van der Waals surface area (Å²) in [5, 5.41) is 12.7. The summed E-state index contributed by atoms with van der Waals surface area (Å²) in [6, 6.07) is 40.5. The molecule has 6 rings (SSSR count). The summed E-state index contributed by atoms with van der Waals surface area (Å²) >= 11 is 15.6. The Kier molecular flexibility index (Phi) is 30.3. The number of amides is 4. The van der Waals surface area contributed by atoms with Crippen molar-refractivity contribution >= 4 is 118 Å². The Bertz CT molecular complexity index is 2210. The van der Waals surface area contributed by atoms with Gasteiger partial charge in [-0.3, -0.25) is 19.2 Å². The average molecular weight is 1200 g/mol. The van der Waals surface area contributed by atoms with Gasteiger partial charge in [0.25, 0.3) is 0 Å². The molecule has 2 aliphatic rings. The van der Waals surface area contributed by atoms with Crippen molar-refractivity contribution in [2.75, 3.05) is 23.0 Å². The van der Waals surface area contributed by atoms with Gasteiger partial charge in [-0.25, -0.2) is 0 Å². The van der Waals surface area contributed by atoms with Crippen molar-refractivity contribution < 1.29 is 19.2 Å². The van der Waals surface area contributed by atoms with Gasteiger partial charge in [-0.05, 0) is 124 Å². The highest BCUT2D eigenvalue weighted by Crippen LogP contribution is 2.66. The van der Waals surface area contributed by atoms with Crippen LogP contribution in [-0.4, -0.2) is 46.6 Å². The van der Waals surface area contributed by atoms with Crippen LogP contribution in [0.3, 0.4) is 0 Å². The third-order valence-electron chi connectivity index (χ3n) is 13.1. The number of benzene rings is 4. The Balaban J connectivity index is 1.00. The first-order valence-corrected chi connectivity index (χ1v) is 35.1. The first-order chi connectivity index (χ1) is 38.0. The van der Waals surface area contributed by atoms with Gasteiger partial charge in [0, 0.05) is 25.7 Å². The molecular weight excluding hydrogens is 1120 g/mol. The molecule has 16 heteroatoms. The molecule has 0 radical (unpaired) electrons. The van der Waals surface area contributed by atoms with Crippen molar-refractivity contribution in [3.8, 4) is 0 Å². The summed E-state index contributed by atoms with van der Waals surface area (Å²) in [4.78, 5) is 51.2. The Morgan fingerprint density at radius 2 is 0.526 bits per heavy atom. The minimum atomic E-state index is -0.00187. The molecule has 4 amide bonds. The molecular formula is C62H80N4O4S8. The highest BCUT2D eigenvalue weighted by Gasteiger charge is 2.31. The lowest BCUT2D eigenvalue weighted by atomic mass is 10.1. The number of unbranched alkanes of at least 4 members (excludes halogenated alkanes) is 8. The van der Waals surface area contributed by atoms with E-state index < -0.39 is 0 Å². The van der Waals surface area contributed by atoms with E-state index in [0.717, 1.165) is 122 Å². The maximum atomic E-state index is 12.8. The zero-order valence-electron chi connectivity index (χ0n) is 45.9. The fourth-order valence-electron chi connectivity index (χ4n) is 8.54. The molecule has 2 aliphatic heterocycles. The van der Waals surface area contributed by atoms with E-state index in [9.17, 15) is 19.2 Å². The minimum Gasteiger partial charge on any atom is -0.350 e. The Morgan fingerprint density at radius 3 is 0.731 bits per heavy atom. The first kappa shape index (κ1) is 64.0. The molecule has 0 spiro atoms. The van der Waals surface area contributed by atoms with Gasteiger partial charge in [0.15, 0.2) is 0 Å². The van der Waals surface area contributed by atoms with Crippen molar-refractivity contribution in [1.29, 1.82) is 0 Å². The molecule has 4 N–H and O–H groups in total. The molecule has 8 nitrogen and oxygen atoms in total. The van der Waals surface area contributed by atoms with Gasteiger partial charge >= 0.3 is 0 Å². The van der Waals surface area contributed by atoms with E-state index in [4.69, 9.17) is 0 Å². The zero-order chi connectivity index (χ0) is 55.2. The summed E-state index contributed by atoms with van der Waals surface area (Å²) in [5.41, 5.74) is 4.48. The van der Waals surface area contributed by atoms with E-state index in [-0.39, 0.29) is 47.8 Å². The van der Waals surface area contributed by atoms with Crippen molar-refractivity contribution in [2.24, 2.45) is 0 Å². The highest BCUT2D eigenvalue weighted by molar-refractivity contribution is 8.45. The van der Waals surface area contributed by atoms with E-state index in [1.165, 1.54) is 25.4 Å². The molecule has 0 fully saturated rings. The summed E-state index contributed by atoms with van der Waals surface area (Å²) in [6.45, 7) is 8.17. The second-order valence-corrected chi connectivity index (χ2v) is 29.6. The van der Waals surface area contributed by atoms with Crippen molar-refractivity contribution in [2.45, 2.75) is 155 Å². The fraction of sp³-hybridized carbons (Fsp3) is 0.452. The molecule has 0 aliphatic carbocycles. The van der Waals surface area contributed by atoms with Gasteiger partial charge < -0.3 is 21.3 Å². The van der Waals surface area contributed by atoms with Crippen molar-refractivity contribution in [3.63, 3.8) is 0 Å². The third kappa shape index (κ3) is 24.1. The summed E-state index contributed by atoms with van der Waals surface area (Å²) in [6.07, 6.45) is 13.9. The molecule has 78 heavy (non-hydrogen) atoms. The lowest BCUT2D eigenvalue weighted by Crippen LogP contribution is -2.26. The third-order valence-corrected chi connectivity index (χ3v) is 25.0. The molecule has 0 saturated heterocycles. The monoisotopic (exact) mass is 1200 g/mol. The summed E-state index contributed by atoms with van der Waals surface area (Å²) in [5.74, 6) is 4.48. The van der Waals surface area contributed by atoms with Crippen LogP contribution in [0.1, 0.15) is 177 Å². The summed E-state index contributed by atoms with van der Waals surface area (Å²) in [7, 11) is 0. The number of rotatable bonds is 36. The average Bonchev–Trinajstić information content (AvgIpc) is 4.06. The lowest BCUT2D eigenvalue weighted by molar-refractivity contribution is -0.122. The predicted octanol–water partition coefficient (Wildman–Crippen LogP) is 18.0. The minimum absolute atomic E-state index is 0.00187. The SMILES string of the molecule is CC(NC(=O)CCCCCSC1=C(SCCCCCC(=O)NC(C)c2ccccc2)SC(=C2SC(SCCCCCC(=O)NC(C)c3ccccc3)=C(SCCCCCC(=O)NC(C)c3ccccc3)S2)S1)c1ccccc1. The van der Waals surface area contributed by atoms with E-state index >= 15 is 0 Å². The Hall–Kier alpha value is -3.22. The maximum absolute atomic E-state index is 12.8. The first-order valence-electron chi connectivity index (χ1n) is 27.8. The second kappa shape index (κ2) is 37.0. The maximum Gasteiger partial charge on any atom is 0.220 e. The van der Waals surface area contributed by atoms with E-state index in [1.807, 2.05) is 195 Å². The van der Waals surface area contributed by atoms with Gasteiger partial charge in [0.2, 0.25) is 23.6 Å². The van der Waals surface area contributed by atoms with Crippen LogP contribution in [0.2, 0.25) is 0 Å². The second-order valence-electron chi connectivity index (χ2n) is 19.6. The molecule has 4 unspecified atom stereocenters. The molecule has 4 aromatic rings. The van der Waals surface area contributed by atoms with Crippen LogP contribution >= 0.6 is 94.1 Å². The van der Waals surface area contributed by atoms with E-state index in [1.54, 1.807) is 0 Å². The number of nitrogens with one attached hydrogen (secondary N) is 4. The smallest absolute Gasteiger partial charge is 0.220 e. The molecule has 2 heterocycles. The van der Waals surface area contributed by atoms with Crippen LogP contribution in [0, 0.1) is 0 Å². The number of hydrogen-bond acceptors (Lipinski definition) is 12. The van der Waals surface area contributed by atoms with Gasteiger partial charge in [-0.2, -0.15) is 0 Å². The van der Waals surface area contributed by atoms with Crippen LogP contribution in [0.4, 0.5) is 0 Å². The van der Waals surface area contributed by atoms with Crippen LogP contribution in [0.25, 0.3) is 0 Å². The van der Waals surface area contributed by atoms with Crippen LogP contribution < -0.4 is 21.3 Å². The number of carbonyl (C=O) groups excluding carboxylic acids is 4. The largest absolute Gasteiger partial charge is 0.350 e. The van der Waals surface area contributed by atoms with Crippen LogP contribution in [0.5, 0.6) is 0 Å². The van der Waals surface area contributed by atoms with E-state index in [2.05, 4.69) is 69.8 Å². The Morgan fingerprint density at radius 1 is 0.321 bits per heavy atom. The fourth-order valence-corrected chi connectivity index (χ4v) is 20.8. The normalized spacial score (nSPS) is 15.0. The standard InChI is InChI=1S/C62H80N4O4S8/c1-45(49-29-13-5-14-30-49)63-53(67)37-21-9-25-41-71-57-58(72-42-26-10-22-38-54(68)64-46(2)50-31-15-6-16-32-50)76-61(75-57)62-77-59(73-43-27-11-23-39-55(69)65-47(3)51-33-17-7-18-34-51)60(78-62)74-44-28-12-24-40-56(70)66-48(4)52-35-19-8-20-36-52/h5-8,13-20,29-36,45-48H,9-12,21-28,37-44H2,1-4H3,(H,63,67)(H,64,68)(H,65,69)(H,66,70).